The molecule has 0 bridgehead atoms. The van der Waals surface area contributed by atoms with Gasteiger partial charge in [-0.05, 0) is 13.0 Å². The number of nitrogens with two attached hydrogens (primary N) is 1. The summed E-state index contributed by atoms with van der Waals surface area (Å²) in [7, 11) is -1.31. The van der Waals surface area contributed by atoms with Gasteiger partial charge >= 0.3 is 0 Å². The first-order valence-corrected chi connectivity index (χ1v) is 10.3. The Bertz CT molecular complexity index is 356. The third-order valence-electron chi connectivity index (χ3n) is 3.39. The first-order chi connectivity index (χ1) is 8.97. The molecule has 1 fully saturated rings. The van der Waals surface area contributed by atoms with Crippen LogP contribution in [0, 0.1) is 0 Å². The SMILES string of the molecule is C[C@@]1(O)[C@@H](C(N)=O)O[C@@H](OCC[Si](C)(C)C)[C@H](O)[C@H]1O. The van der Waals surface area contributed by atoms with Gasteiger partial charge in [0.1, 0.15) is 17.8 Å². The molecule has 0 unspecified atom stereocenters. The molecule has 1 aliphatic rings. The summed E-state index contributed by atoms with van der Waals surface area (Å²) in [6.45, 7) is 8.04. The van der Waals surface area contributed by atoms with Crippen molar-refractivity contribution >= 4 is 14.0 Å². The van der Waals surface area contributed by atoms with Crippen LogP contribution in [-0.4, -0.2) is 66.1 Å². The van der Waals surface area contributed by atoms with Gasteiger partial charge in [0.15, 0.2) is 12.4 Å². The number of amides is 1. The second-order valence-corrected chi connectivity index (χ2v) is 12.3. The van der Waals surface area contributed by atoms with Gasteiger partial charge in [-0.15, -0.1) is 0 Å². The zero-order valence-electron chi connectivity index (χ0n) is 12.4. The number of carbonyl (C=O) groups excluding carboxylic acids is 1. The molecule has 5 N–H and O–H groups in total. The van der Waals surface area contributed by atoms with Crippen molar-refractivity contribution < 1.29 is 29.6 Å². The Kier molecular flexibility index (Phi) is 5.33. The third-order valence-corrected chi connectivity index (χ3v) is 5.10. The van der Waals surface area contributed by atoms with Crippen LogP contribution in [0.25, 0.3) is 0 Å². The van der Waals surface area contributed by atoms with E-state index in [0.29, 0.717) is 6.61 Å². The molecule has 8 heteroatoms. The maximum absolute atomic E-state index is 11.3. The van der Waals surface area contributed by atoms with E-state index in [1.54, 1.807) is 0 Å². The highest BCUT2D eigenvalue weighted by molar-refractivity contribution is 6.76. The predicted molar refractivity (Wildman–Crippen MR) is 74.6 cm³/mol. The maximum Gasteiger partial charge on any atom is 0.249 e. The Balaban J connectivity index is 2.71. The van der Waals surface area contributed by atoms with Crippen LogP contribution in [0.15, 0.2) is 0 Å². The number of ether oxygens (including phenoxy) is 2. The van der Waals surface area contributed by atoms with E-state index < -0.39 is 44.2 Å². The Hall–Kier alpha value is -0.513. The molecule has 7 nitrogen and oxygen atoms in total. The van der Waals surface area contributed by atoms with E-state index in [4.69, 9.17) is 15.2 Å². The van der Waals surface area contributed by atoms with Crippen LogP contribution >= 0.6 is 0 Å². The van der Waals surface area contributed by atoms with E-state index in [-0.39, 0.29) is 0 Å². The minimum Gasteiger partial charge on any atom is -0.387 e. The summed E-state index contributed by atoms with van der Waals surface area (Å²) in [5.41, 5.74) is 3.19. The fourth-order valence-electron chi connectivity index (χ4n) is 1.98. The molecule has 0 aromatic carbocycles. The highest BCUT2D eigenvalue weighted by Crippen LogP contribution is 2.30. The van der Waals surface area contributed by atoms with Gasteiger partial charge in [-0.1, -0.05) is 19.6 Å². The Morgan fingerprint density at radius 3 is 2.40 bits per heavy atom. The van der Waals surface area contributed by atoms with Crippen LogP contribution in [0.3, 0.4) is 0 Å². The van der Waals surface area contributed by atoms with Crippen molar-refractivity contribution in [2.45, 2.75) is 62.8 Å². The predicted octanol–water partition coefficient (Wildman–Crippen LogP) is -0.976. The molecule has 20 heavy (non-hydrogen) atoms. The van der Waals surface area contributed by atoms with Crippen molar-refractivity contribution in [3.05, 3.63) is 0 Å². The van der Waals surface area contributed by atoms with Crippen LogP contribution in [-0.2, 0) is 14.3 Å². The first kappa shape index (κ1) is 17.5. The molecule has 1 aliphatic heterocycles. The lowest BCUT2D eigenvalue weighted by molar-refractivity contribution is -0.314. The molecule has 1 rings (SSSR count). The fraction of sp³-hybridized carbons (Fsp3) is 0.917. The average Bonchev–Trinajstić information content (AvgIpc) is 2.27. The number of primary amides is 1. The summed E-state index contributed by atoms with van der Waals surface area (Å²) in [5, 5.41) is 29.8. The average molecular weight is 307 g/mol. The lowest BCUT2D eigenvalue weighted by atomic mass is 9.85. The Morgan fingerprint density at radius 2 is 1.95 bits per heavy atom. The topological polar surface area (TPSA) is 122 Å². The largest absolute Gasteiger partial charge is 0.387 e. The van der Waals surface area contributed by atoms with Crippen LogP contribution in [0.4, 0.5) is 0 Å². The normalized spacial score (nSPS) is 38.8. The molecule has 118 valence electrons. The van der Waals surface area contributed by atoms with Gasteiger partial charge in [-0.2, -0.15) is 0 Å². The summed E-state index contributed by atoms with van der Waals surface area (Å²) in [4.78, 5) is 11.3. The Labute approximate surface area is 119 Å². The van der Waals surface area contributed by atoms with E-state index in [9.17, 15) is 20.1 Å². The second kappa shape index (κ2) is 6.08. The summed E-state index contributed by atoms with van der Waals surface area (Å²) in [6, 6.07) is 0.841. The molecule has 0 aromatic rings. The highest BCUT2D eigenvalue weighted by atomic mass is 28.3. The van der Waals surface area contributed by atoms with Gasteiger partial charge < -0.3 is 30.5 Å². The Morgan fingerprint density at radius 1 is 1.40 bits per heavy atom. The molecule has 0 aromatic heterocycles. The van der Waals surface area contributed by atoms with E-state index >= 15 is 0 Å². The molecule has 1 heterocycles. The summed E-state index contributed by atoms with van der Waals surface area (Å²) < 4.78 is 10.6. The fourth-order valence-corrected chi connectivity index (χ4v) is 2.71. The van der Waals surface area contributed by atoms with E-state index in [1.807, 2.05) is 0 Å². The van der Waals surface area contributed by atoms with E-state index in [2.05, 4.69) is 19.6 Å². The zero-order chi connectivity index (χ0) is 15.7. The molecular weight excluding hydrogens is 282 g/mol. The summed E-state index contributed by atoms with van der Waals surface area (Å²) >= 11 is 0. The zero-order valence-corrected chi connectivity index (χ0v) is 13.4. The smallest absolute Gasteiger partial charge is 0.249 e. The number of rotatable bonds is 5. The summed E-state index contributed by atoms with van der Waals surface area (Å²) in [5.74, 6) is -0.917. The van der Waals surface area contributed by atoms with E-state index in [1.165, 1.54) is 6.92 Å². The van der Waals surface area contributed by atoms with Gasteiger partial charge in [-0.3, -0.25) is 4.79 Å². The number of aliphatic hydroxyl groups is 3. The number of aliphatic hydroxyl groups excluding tert-OH is 2. The molecular formula is C12H25NO6Si. The van der Waals surface area contributed by atoms with Crippen LogP contribution in [0.1, 0.15) is 6.92 Å². The molecule has 1 amide bonds. The standard InChI is InChI=1S/C12H25NO6Si/c1-12(17)8(15)7(14)11(19-9(12)10(13)16)18-5-6-20(2,3)4/h7-9,11,14-15,17H,5-6H2,1-4H3,(H2,13,16)/t7-,8-,9-,11-,12+/m1/s1. The van der Waals surface area contributed by atoms with Crippen molar-refractivity contribution in [2.75, 3.05) is 6.61 Å². The van der Waals surface area contributed by atoms with Crippen molar-refractivity contribution in [3.63, 3.8) is 0 Å². The van der Waals surface area contributed by atoms with Gasteiger partial charge in [0, 0.05) is 14.7 Å². The molecule has 0 aliphatic carbocycles. The minimum absolute atomic E-state index is 0.345. The van der Waals surface area contributed by atoms with Gasteiger partial charge in [-0.25, -0.2) is 0 Å². The van der Waals surface area contributed by atoms with Gasteiger partial charge in [0.25, 0.3) is 0 Å². The lowest BCUT2D eigenvalue weighted by Gasteiger charge is -2.45. The van der Waals surface area contributed by atoms with Crippen LogP contribution < -0.4 is 5.73 Å². The number of carbonyl (C=O) groups is 1. The number of hydrogen-bond acceptors (Lipinski definition) is 6. The van der Waals surface area contributed by atoms with Gasteiger partial charge in [0.05, 0.1) is 0 Å². The van der Waals surface area contributed by atoms with Crippen molar-refractivity contribution in [1.29, 1.82) is 0 Å². The van der Waals surface area contributed by atoms with Crippen LogP contribution in [0.2, 0.25) is 25.7 Å². The highest BCUT2D eigenvalue weighted by Gasteiger charge is 2.54. The monoisotopic (exact) mass is 307 g/mol. The molecule has 5 atom stereocenters. The number of hydrogen-bond donors (Lipinski definition) is 4. The van der Waals surface area contributed by atoms with Gasteiger partial charge in [0.2, 0.25) is 5.91 Å². The van der Waals surface area contributed by atoms with Crippen molar-refractivity contribution in [2.24, 2.45) is 5.73 Å². The lowest BCUT2D eigenvalue weighted by Crippen LogP contribution is -2.68. The second-order valence-electron chi connectivity index (χ2n) is 6.63. The minimum atomic E-state index is -1.95. The maximum atomic E-state index is 11.3. The van der Waals surface area contributed by atoms with E-state index in [0.717, 1.165) is 6.04 Å². The molecule has 1 saturated heterocycles. The molecule has 0 saturated carbocycles. The van der Waals surface area contributed by atoms with Crippen molar-refractivity contribution in [1.82, 2.24) is 0 Å². The molecule has 0 spiro atoms. The first-order valence-electron chi connectivity index (χ1n) is 6.61. The van der Waals surface area contributed by atoms with Crippen molar-refractivity contribution in [3.8, 4) is 0 Å². The van der Waals surface area contributed by atoms with Crippen LogP contribution in [0.5, 0.6) is 0 Å². The quantitative estimate of drug-likeness (QED) is 0.484. The third kappa shape index (κ3) is 4.00. The molecule has 0 radical (unpaired) electrons. The summed E-state index contributed by atoms with van der Waals surface area (Å²) in [6.07, 6.45) is -5.63.